The van der Waals surface area contributed by atoms with Crippen LogP contribution in [0.4, 0.5) is 11.4 Å². The molecule has 0 radical (unpaired) electrons. The molecule has 1 amide bonds. The summed E-state index contributed by atoms with van der Waals surface area (Å²) < 4.78 is 12.4. The summed E-state index contributed by atoms with van der Waals surface area (Å²) in [6.45, 7) is 6.74. The number of ether oxygens (including phenoxy) is 2. The molecule has 0 spiro atoms. The van der Waals surface area contributed by atoms with Crippen molar-refractivity contribution in [3.05, 3.63) is 130 Å². The molecular formula is C32H29BrN2O3. The number of hydrogen-bond acceptors (Lipinski definition) is 4. The Balaban J connectivity index is 1.73. The Labute approximate surface area is 232 Å². The van der Waals surface area contributed by atoms with Gasteiger partial charge in [-0.2, -0.15) is 0 Å². The fraction of sp³-hybridized carbons (Fsp3) is 0.156. The molecule has 38 heavy (non-hydrogen) atoms. The first kappa shape index (κ1) is 25.6. The second-order valence-electron chi connectivity index (χ2n) is 9.15. The quantitative estimate of drug-likeness (QED) is 0.204. The van der Waals surface area contributed by atoms with Crippen LogP contribution in [-0.2, 0) is 6.54 Å². The monoisotopic (exact) mass is 568 g/mol. The first-order valence-electron chi connectivity index (χ1n) is 12.4. The first-order chi connectivity index (χ1) is 18.5. The average molecular weight is 569 g/mol. The second-order valence-corrected chi connectivity index (χ2v) is 10.0. The van der Waals surface area contributed by atoms with Gasteiger partial charge in [0.05, 0.1) is 22.8 Å². The van der Waals surface area contributed by atoms with E-state index in [0.717, 1.165) is 32.5 Å². The van der Waals surface area contributed by atoms with Crippen LogP contribution in [0.5, 0.6) is 11.5 Å². The fourth-order valence-corrected chi connectivity index (χ4v) is 5.41. The van der Waals surface area contributed by atoms with Crippen molar-refractivity contribution in [2.75, 3.05) is 23.5 Å². The number of anilines is 2. The summed E-state index contributed by atoms with van der Waals surface area (Å²) in [7, 11) is 1.62. The smallest absolute Gasteiger partial charge is 0.262 e. The maximum atomic E-state index is 14.2. The van der Waals surface area contributed by atoms with Crippen LogP contribution in [0.25, 0.3) is 0 Å². The lowest BCUT2D eigenvalue weighted by Crippen LogP contribution is -2.49. The molecule has 0 saturated carbocycles. The number of methoxy groups -OCH3 is 1. The molecule has 0 aliphatic carbocycles. The number of benzene rings is 4. The van der Waals surface area contributed by atoms with Gasteiger partial charge in [0.2, 0.25) is 0 Å². The molecule has 0 saturated heterocycles. The second kappa shape index (κ2) is 11.2. The molecule has 4 aromatic rings. The van der Waals surface area contributed by atoms with Crippen molar-refractivity contribution in [1.29, 1.82) is 0 Å². The number of hydrogen-bond donors (Lipinski definition) is 0. The molecule has 1 aliphatic rings. The van der Waals surface area contributed by atoms with Gasteiger partial charge in [-0.25, -0.2) is 0 Å². The van der Waals surface area contributed by atoms with Gasteiger partial charge in [-0.1, -0.05) is 72.8 Å². The van der Waals surface area contributed by atoms with E-state index in [-0.39, 0.29) is 5.91 Å². The summed E-state index contributed by atoms with van der Waals surface area (Å²) in [4.78, 5) is 18.3. The van der Waals surface area contributed by atoms with Gasteiger partial charge < -0.3 is 14.4 Å². The number of carbonyl (C=O) groups excluding carboxylic acids is 1. The topological polar surface area (TPSA) is 42.0 Å². The number of amides is 1. The minimum absolute atomic E-state index is 0.0548. The van der Waals surface area contributed by atoms with Crippen LogP contribution in [0.2, 0.25) is 0 Å². The molecule has 0 fully saturated rings. The van der Waals surface area contributed by atoms with Crippen LogP contribution >= 0.6 is 15.9 Å². The lowest BCUT2D eigenvalue weighted by Gasteiger charge is -2.46. The van der Waals surface area contributed by atoms with Crippen LogP contribution in [-0.4, -0.2) is 19.6 Å². The summed E-state index contributed by atoms with van der Waals surface area (Å²) in [5.74, 6) is 1.11. The van der Waals surface area contributed by atoms with E-state index >= 15 is 0 Å². The molecular weight excluding hydrogens is 540 g/mol. The molecule has 192 valence electrons. The van der Waals surface area contributed by atoms with Crippen molar-refractivity contribution < 1.29 is 14.3 Å². The number of carbonyl (C=O) groups is 1. The van der Waals surface area contributed by atoms with Crippen LogP contribution in [0.1, 0.15) is 33.2 Å². The van der Waals surface area contributed by atoms with Gasteiger partial charge >= 0.3 is 0 Å². The number of halogens is 1. The normalized spacial score (nSPS) is 14.7. The number of para-hydroxylation sites is 1. The fourth-order valence-electron chi connectivity index (χ4n) is 4.83. The number of rotatable bonds is 8. The van der Waals surface area contributed by atoms with E-state index in [1.165, 1.54) is 0 Å². The maximum Gasteiger partial charge on any atom is 0.262 e. The molecule has 4 aromatic carbocycles. The van der Waals surface area contributed by atoms with Crippen LogP contribution in [0.15, 0.2) is 108 Å². The highest BCUT2D eigenvalue weighted by atomic mass is 79.9. The number of nitrogens with zero attached hydrogens (tertiary/aromatic N) is 2. The largest absolute Gasteiger partial charge is 0.493 e. The minimum atomic E-state index is -0.445. The van der Waals surface area contributed by atoms with Crippen molar-refractivity contribution in [3.63, 3.8) is 0 Å². The predicted molar refractivity (Wildman–Crippen MR) is 156 cm³/mol. The molecule has 1 atom stereocenters. The molecule has 1 heterocycles. The van der Waals surface area contributed by atoms with Gasteiger partial charge in [0.1, 0.15) is 12.8 Å². The zero-order chi connectivity index (χ0) is 26.6. The third kappa shape index (κ3) is 4.92. The summed E-state index contributed by atoms with van der Waals surface area (Å²) >= 11 is 3.69. The van der Waals surface area contributed by atoms with Crippen LogP contribution in [0.3, 0.4) is 0 Å². The predicted octanol–water partition coefficient (Wildman–Crippen LogP) is 7.70. The van der Waals surface area contributed by atoms with Crippen molar-refractivity contribution >= 4 is 33.2 Å². The van der Waals surface area contributed by atoms with Crippen molar-refractivity contribution in [2.24, 2.45) is 0 Å². The molecule has 0 N–H and O–H groups in total. The van der Waals surface area contributed by atoms with E-state index in [0.29, 0.717) is 30.2 Å². The molecule has 5 rings (SSSR count). The zero-order valence-electron chi connectivity index (χ0n) is 21.4. The summed E-state index contributed by atoms with van der Waals surface area (Å²) in [5, 5.41) is 0. The highest BCUT2D eigenvalue weighted by Crippen LogP contribution is 2.46. The van der Waals surface area contributed by atoms with Crippen molar-refractivity contribution in [1.82, 2.24) is 0 Å². The third-order valence-corrected chi connectivity index (χ3v) is 7.19. The molecule has 0 aromatic heterocycles. The van der Waals surface area contributed by atoms with Crippen LogP contribution in [0, 0.1) is 6.92 Å². The SMILES string of the molecule is C=CCOc1c(Br)cc([C@H]2N(Cc3ccccc3)c3ccccc3C(=O)N2c2ccc(C)cc2)cc1OC. The third-order valence-electron chi connectivity index (χ3n) is 6.61. The maximum absolute atomic E-state index is 14.2. The van der Waals surface area contributed by atoms with Gasteiger partial charge in [-0.15, -0.1) is 0 Å². The number of aryl methyl sites for hydroxylation is 1. The van der Waals surface area contributed by atoms with Crippen molar-refractivity contribution in [2.45, 2.75) is 19.6 Å². The summed E-state index contributed by atoms with van der Waals surface area (Å²) in [6.07, 6.45) is 1.25. The highest BCUT2D eigenvalue weighted by Gasteiger charge is 2.40. The molecule has 5 nitrogen and oxygen atoms in total. The molecule has 6 heteroatoms. The Hall–Kier alpha value is -4.03. The van der Waals surface area contributed by atoms with Gasteiger partial charge in [-0.3, -0.25) is 9.69 Å². The Morgan fingerprint density at radius 3 is 2.39 bits per heavy atom. The molecule has 0 unspecified atom stereocenters. The van der Waals surface area contributed by atoms with Gasteiger partial charge in [0.15, 0.2) is 11.5 Å². The van der Waals surface area contributed by atoms with Gasteiger partial charge in [0, 0.05) is 17.8 Å². The Morgan fingerprint density at radius 1 is 0.974 bits per heavy atom. The van der Waals surface area contributed by atoms with E-state index in [4.69, 9.17) is 9.47 Å². The highest BCUT2D eigenvalue weighted by molar-refractivity contribution is 9.10. The van der Waals surface area contributed by atoms with E-state index in [1.807, 2.05) is 90.7 Å². The van der Waals surface area contributed by atoms with Crippen LogP contribution < -0.4 is 19.3 Å². The van der Waals surface area contributed by atoms with E-state index in [9.17, 15) is 4.79 Å². The lowest BCUT2D eigenvalue weighted by molar-refractivity contribution is 0.0968. The van der Waals surface area contributed by atoms with Crippen molar-refractivity contribution in [3.8, 4) is 11.5 Å². The number of fused-ring (bicyclic) bond motifs is 1. The molecule has 1 aliphatic heterocycles. The van der Waals surface area contributed by atoms with E-state index < -0.39 is 6.17 Å². The lowest BCUT2D eigenvalue weighted by atomic mass is 9.98. The Bertz CT molecular complexity index is 1450. The Kier molecular flexibility index (Phi) is 7.52. The summed E-state index contributed by atoms with van der Waals surface area (Å²) in [5.41, 5.74) is 5.53. The van der Waals surface area contributed by atoms with Gasteiger partial charge in [-0.05, 0) is 64.8 Å². The minimum Gasteiger partial charge on any atom is -0.493 e. The Morgan fingerprint density at radius 2 is 1.68 bits per heavy atom. The van der Waals surface area contributed by atoms with E-state index in [2.05, 4.69) is 39.5 Å². The van der Waals surface area contributed by atoms with Gasteiger partial charge in [0.25, 0.3) is 5.91 Å². The standard InChI is InChI=1S/C32H29BrN2O3/c1-4-18-38-30-27(33)19-24(20-29(30)37-3)31-34(21-23-10-6-5-7-11-23)28-13-9-8-12-26(28)32(36)35(31)25-16-14-22(2)15-17-25/h4-17,19-20,31H,1,18,21H2,2-3H3/t31-/m0/s1. The summed E-state index contributed by atoms with van der Waals surface area (Å²) in [6, 6.07) is 30.1. The van der Waals surface area contributed by atoms with E-state index in [1.54, 1.807) is 13.2 Å². The molecule has 0 bridgehead atoms. The average Bonchev–Trinajstić information content (AvgIpc) is 2.94. The first-order valence-corrected chi connectivity index (χ1v) is 13.2. The zero-order valence-corrected chi connectivity index (χ0v) is 23.0.